The Hall–Kier alpha value is -3.17. The van der Waals surface area contributed by atoms with Crippen molar-refractivity contribution >= 4 is 34.7 Å². The highest BCUT2D eigenvalue weighted by molar-refractivity contribution is 7.10. The highest BCUT2D eigenvalue weighted by Crippen LogP contribution is 2.33. The minimum absolute atomic E-state index is 0.198. The summed E-state index contributed by atoms with van der Waals surface area (Å²) < 4.78 is 18.4. The summed E-state index contributed by atoms with van der Waals surface area (Å²) in [6.45, 7) is 6.04. The molecule has 1 atom stereocenters. The van der Waals surface area contributed by atoms with Crippen molar-refractivity contribution in [2.45, 2.75) is 26.8 Å². The zero-order valence-corrected chi connectivity index (χ0v) is 21.3. The molecule has 0 spiro atoms. The summed E-state index contributed by atoms with van der Waals surface area (Å²) in [4.78, 5) is 32.8. The molecule has 4 rings (SSSR count). The molecule has 2 aromatic heterocycles. The summed E-state index contributed by atoms with van der Waals surface area (Å²) >= 11 is 2.76. The summed E-state index contributed by atoms with van der Waals surface area (Å²) in [5.74, 6) is 1.03. The van der Waals surface area contributed by atoms with Gasteiger partial charge in [0, 0.05) is 10.4 Å². The Balaban J connectivity index is 1.89. The average molecular weight is 499 g/mol. The molecule has 1 unspecified atom stereocenters. The van der Waals surface area contributed by atoms with E-state index in [0.29, 0.717) is 44.3 Å². The second kappa shape index (κ2) is 9.99. The Morgan fingerprint density at radius 2 is 2.03 bits per heavy atom. The van der Waals surface area contributed by atoms with Gasteiger partial charge in [0.1, 0.15) is 17.5 Å². The molecule has 0 bridgehead atoms. The van der Waals surface area contributed by atoms with Crippen LogP contribution in [0.15, 0.2) is 56.8 Å². The van der Waals surface area contributed by atoms with Crippen LogP contribution < -0.4 is 24.4 Å². The predicted molar refractivity (Wildman–Crippen MR) is 133 cm³/mol. The molecule has 0 N–H and O–H groups in total. The van der Waals surface area contributed by atoms with Gasteiger partial charge in [-0.1, -0.05) is 31.3 Å². The average Bonchev–Trinajstić information content (AvgIpc) is 3.45. The van der Waals surface area contributed by atoms with Gasteiger partial charge in [0.05, 0.1) is 36.6 Å². The first-order valence-corrected chi connectivity index (χ1v) is 12.5. The van der Waals surface area contributed by atoms with Gasteiger partial charge in [-0.3, -0.25) is 9.36 Å². The molecule has 178 valence electrons. The van der Waals surface area contributed by atoms with Crippen molar-refractivity contribution in [3.63, 3.8) is 0 Å². The smallest absolute Gasteiger partial charge is 0.338 e. The number of carbonyl (C=O) groups excluding carboxylic acids is 1. The third kappa shape index (κ3) is 4.58. The van der Waals surface area contributed by atoms with E-state index in [9.17, 15) is 9.59 Å². The van der Waals surface area contributed by atoms with E-state index in [-0.39, 0.29) is 11.5 Å². The van der Waals surface area contributed by atoms with Crippen molar-refractivity contribution in [2.24, 2.45) is 10.9 Å². The third-order valence-corrected chi connectivity index (χ3v) is 7.23. The number of hydrogen-bond acceptors (Lipinski definition) is 8. The zero-order valence-electron chi connectivity index (χ0n) is 19.7. The fraction of sp³-hybridized carbons (Fsp3) is 0.320. The normalized spacial score (nSPS) is 15.8. The zero-order chi connectivity index (χ0) is 24.4. The third-order valence-electron chi connectivity index (χ3n) is 5.33. The van der Waals surface area contributed by atoms with Crippen LogP contribution in [-0.4, -0.2) is 31.4 Å². The number of methoxy groups -OCH3 is 2. The summed E-state index contributed by atoms with van der Waals surface area (Å²) in [5.41, 5.74) is 1.43. The molecule has 0 radical (unpaired) electrons. The van der Waals surface area contributed by atoms with Crippen molar-refractivity contribution < 1.29 is 19.0 Å². The molecule has 7 nitrogen and oxygen atoms in total. The van der Waals surface area contributed by atoms with Gasteiger partial charge in [0.2, 0.25) is 0 Å². The largest absolute Gasteiger partial charge is 0.497 e. The molecule has 0 fully saturated rings. The van der Waals surface area contributed by atoms with Crippen LogP contribution in [0.1, 0.15) is 37.3 Å². The summed E-state index contributed by atoms with van der Waals surface area (Å²) in [7, 11) is 3.17. The van der Waals surface area contributed by atoms with Crippen molar-refractivity contribution in [1.82, 2.24) is 4.57 Å². The molecule has 0 saturated heterocycles. The number of aromatic nitrogens is 1. The Morgan fingerprint density at radius 1 is 1.24 bits per heavy atom. The lowest BCUT2D eigenvalue weighted by molar-refractivity contribution is -0.140. The van der Waals surface area contributed by atoms with Crippen LogP contribution in [0.3, 0.4) is 0 Å². The molecule has 0 amide bonds. The lowest BCUT2D eigenvalue weighted by Gasteiger charge is -2.23. The number of fused-ring (bicyclic) bond motifs is 1. The first-order valence-electron chi connectivity index (χ1n) is 10.8. The quantitative estimate of drug-likeness (QED) is 0.466. The van der Waals surface area contributed by atoms with Gasteiger partial charge in [-0.05, 0) is 48.6 Å². The second-order valence-electron chi connectivity index (χ2n) is 8.20. The summed E-state index contributed by atoms with van der Waals surface area (Å²) in [5, 5.41) is 1.93. The Bertz CT molecular complexity index is 1410. The van der Waals surface area contributed by atoms with Crippen LogP contribution in [0.25, 0.3) is 6.08 Å². The maximum Gasteiger partial charge on any atom is 0.338 e. The summed E-state index contributed by atoms with van der Waals surface area (Å²) in [6.07, 6.45) is 1.77. The maximum atomic E-state index is 13.7. The lowest BCUT2D eigenvalue weighted by Crippen LogP contribution is -2.39. The van der Waals surface area contributed by atoms with Crippen LogP contribution in [0.2, 0.25) is 0 Å². The molecule has 9 heteroatoms. The van der Waals surface area contributed by atoms with Crippen molar-refractivity contribution in [1.29, 1.82) is 0 Å². The van der Waals surface area contributed by atoms with Crippen LogP contribution in [0, 0.1) is 5.92 Å². The predicted octanol–water partition coefficient (Wildman–Crippen LogP) is 3.51. The standard InChI is InChI=1S/C25H26N2O5S2/c1-14(2)13-32-24(29)21-15(3)26-25-27(22(21)19-7-6-10-33-19)23(28)20(34-25)12-16-11-17(30-4)8-9-18(16)31-5/h6-12,14,22H,13H2,1-5H3. The molecule has 1 aromatic carbocycles. The van der Waals surface area contributed by atoms with Crippen LogP contribution in [0.5, 0.6) is 11.5 Å². The van der Waals surface area contributed by atoms with E-state index < -0.39 is 12.0 Å². The number of rotatable bonds is 7. The Labute approximate surface area is 205 Å². The second-order valence-corrected chi connectivity index (χ2v) is 10.2. The molecular weight excluding hydrogens is 472 g/mol. The van der Waals surface area contributed by atoms with Gasteiger partial charge in [0.25, 0.3) is 5.56 Å². The van der Waals surface area contributed by atoms with Crippen LogP contribution >= 0.6 is 22.7 Å². The molecule has 0 saturated carbocycles. The number of allylic oxidation sites excluding steroid dienone is 1. The molecule has 1 aliphatic rings. The van der Waals surface area contributed by atoms with E-state index in [1.54, 1.807) is 43.9 Å². The molecule has 34 heavy (non-hydrogen) atoms. The first kappa shape index (κ1) is 24.0. The highest BCUT2D eigenvalue weighted by atomic mass is 32.1. The van der Waals surface area contributed by atoms with Crippen molar-refractivity contribution in [2.75, 3.05) is 20.8 Å². The monoisotopic (exact) mass is 498 g/mol. The van der Waals surface area contributed by atoms with Crippen LogP contribution in [-0.2, 0) is 9.53 Å². The highest BCUT2D eigenvalue weighted by Gasteiger charge is 2.34. The summed E-state index contributed by atoms with van der Waals surface area (Å²) in [6, 6.07) is 8.64. The van der Waals surface area contributed by atoms with Gasteiger partial charge >= 0.3 is 5.97 Å². The maximum absolute atomic E-state index is 13.7. The number of carbonyl (C=O) groups is 1. The molecule has 1 aliphatic heterocycles. The fourth-order valence-corrected chi connectivity index (χ4v) is 5.57. The molecule has 3 aromatic rings. The van der Waals surface area contributed by atoms with E-state index in [4.69, 9.17) is 14.2 Å². The number of ether oxygens (including phenoxy) is 3. The van der Waals surface area contributed by atoms with Crippen molar-refractivity contribution in [3.8, 4) is 11.5 Å². The van der Waals surface area contributed by atoms with Gasteiger partial charge < -0.3 is 14.2 Å². The van der Waals surface area contributed by atoms with E-state index in [2.05, 4.69) is 4.99 Å². The number of esters is 1. The number of nitrogens with zero attached hydrogens (tertiary/aromatic N) is 2. The van der Waals surface area contributed by atoms with E-state index in [1.807, 2.05) is 37.4 Å². The van der Waals surface area contributed by atoms with Crippen LogP contribution in [0.4, 0.5) is 0 Å². The fourth-order valence-electron chi connectivity index (χ4n) is 3.71. The van der Waals surface area contributed by atoms with Gasteiger partial charge in [-0.25, -0.2) is 9.79 Å². The Morgan fingerprint density at radius 3 is 2.68 bits per heavy atom. The lowest BCUT2D eigenvalue weighted by atomic mass is 10.0. The van der Waals surface area contributed by atoms with Gasteiger partial charge in [0.15, 0.2) is 4.80 Å². The number of benzene rings is 1. The Kier molecular flexibility index (Phi) is 7.04. The van der Waals surface area contributed by atoms with E-state index in [1.165, 1.54) is 22.7 Å². The van der Waals surface area contributed by atoms with E-state index >= 15 is 0 Å². The number of hydrogen-bond donors (Lipinski definition) is 0. The van der Waals surface area contributed by atoms with Gasteiger partial charge in [-0.15, -0.1) is 11.3 Å². The SMILES string of the molecule is COc1ccc(OC)c(C=c2sc3n(c2=O)C(c2cccs2)C(C(=O)OCC(C)C)=C(C)N=3)c1. The molecular formula is C25H26N2O5S2. The molecule has 0 aliphatic carbocycles. The molecule has 3 heterocycles. The van der Waals surface area contributed by atoms with Crippen molar-refractivity contribution in [3.05, 3.63) is 77.1 Å². The minimum atomic E-state index is -0.592. The first-order chi connectivity index (χ1) is 16.3. The topological polar surface area (TPSA) is 79.1 Å². The minimum Gasteiger partial charge on any atom is -0.497 e. The number of thiazole rings is 1. The number of thiophene rings is 1. The van der Waals surface area contributed by atoms with Gasteiger partial charge in [-0.2, -0.15) is 0 Å². The van der Waals surface area contributed by atoms with E-state index in [0.717, 1.165) is 4.88 Å².